The molecule has 8 heteroatoms. The van der Waals surface area contributed by atoms with Gasteiger partial charge in [0.15, 0.2) is 0 Å². The average molecular weight is 388 g/mol. The zero-order valence-electron chi connectivity index (χ0n) is 15.7. The Labute approximate surface area is 159 Å². The van der Waals surface area contributed by atoms with E-state index < -0.39 is 9.84 Å². The monoisotopic (exact) mass is 388 g/mol. The van der Waals surface area contributed by atoms with Crippen molar-refractivity contribution in [1.82, 2.24) is 19.6 Å². The Morgan fingerprint density at radius 3 is 2.59 bits per heavy atom. The van der Waals surface area contributed by atoms with Crippen molar-refractivity contribution >= 4 is 9.84 Å². The molecule has 0 aliphatic rings. The van der Waals surface area contributed by atoms with Crippen LogP contribution in [0.4, 0.5) is 0 Å². The minimum Gasteiger partial charge on any atom is -0.364 e. The van der Waals surface area contributed by atoms with E-state index in [0.29, 0.717) is 13.1 Å². The standard InChI is InChI=1S/C19H24N4O3S/c1-4-27(24,25)19-20-12-17(23(19)13-16-8-6-5-7-9-16)14-22(3)15(2)18-10-11-26-21-18/h5-12,15H,4,13-14H2,1-3H3. The molecule has 0 aliphatic carbocycles. The van der Waals surface area contributed by atoms with Gasteiger partial charge in [-0.3, -0.25) is 4.90 Å². The Bertz CT molecular complexity index is 966. The third-order valence-corrected chi connectivity index (χ3v) is 6.34. The van der Waals surface area contributed by atoms with Crippen LogP contribution in [0.15, 0.2) is 58.5 Å². The van der Waals surface area contributed by atoms with Crippen LogP contribution in [0.2, 0.25) is 0 Å². The lowest BCUT2D eigenvalue weighted by atomic mass is 10.2. The van der Waals surface area contributed by atoms with Gasteiger partial charge in [-0.1, -0.05) is 42.4 Å². The molecule has 0 radical (unpaired) electrons. The fourth-order valence-corrected chi connectivity index (χ4v) is 3.88. The summed E-state index contributed by atoms with van der Waals surface area (Å²) in [5.74, 6) is 0.0173. The first-order chi connectivity index (χ1) is 12.9. The van der Waals surface area contributed by atoms with Crippen molar-refractivity contribution in [2.24, 2.45) is 0 Å². The van der Waals surface area contributed by atoms with Crippen LogP contribution in [-0.4, -0.2) is 40.8 Å². The van der Waals surface area contributed by atoms with Gasteiger partial charge >= 0.3 is 0 Å². The van der Waals surface area contributed by atoms with Crippen LogP contribution >= 0.6 is 0 Å². The summed E-state index contributed by atoms with van der Waals surface area (Å²) in [6, 6.07) is 11.6. The zero-order chi connectivity index (χ0) is 19.4. The highest BCUT2D eigenvalue weighted by atomic mass is 32.2. The summed E-state index contributed by atoms with van der Waals surface area (Å²) in [4.78, 5) is 6.33. The summed E-state index contributed by atoms with van der Waals surface area (Å²) in [6.07, 6.45) is 3.20. The van der Waals surface area contributed by atoms with E-state index in [2.05, 4.69) is 15.0 Å². The molecule has 2 aromatic heterocycles. The second-order valence-electron chi connectivity index (χ2n) is 6.52. The molecular formula is C19H24N4O3S. The van der Waals surface area contributed by atoms with E-state index >= 15 is 0 Å². The van der Waals surface area contributed by atoms with E-state index in [0.717, 1.165) is 17.0 Å². The molecule has 0 aliphatic heterocycles. The molecule has 1 atom stereocenters. The molecule has 144 valence electrons. The summed E-state index contributed by atoms with van der Waals surface area (Å²) < 4.78 is 31.7. The highest BCUT2D eigenvalue weighted by molar-refractivity contribution is 7.91. The van der Waals surface area contributed by atoms with Gasteiger partial charge in [-0.25, -0.2) is 13.4 Å². The highest BCUT2D eigenvalue weighted by Crippen LogP contribution is 2.22. The van der Waals surface area contributed by atoms with Crippen LogP contribution < -0.4 is 0 Å². The third-order valence-electron chi connectivity index (χ3n) is 4.70. The first kappa shape index (κ1) is 19.3. The fourth-order valence-electron chi connectivity index (χ4n) is 2.89. The molecule has 1 aromatic carbocycles. The number of imidazole rings is 1. The predicted molar refractivity (Wildman–Crippen MR) is 102 cm³/mol. The first-order valence-electron chi connectivity index (χ1n) is 8.84. The molecule has 1 unspecified atom stereocenters. The lowest BCUT2D eigenvalue weighted by Gasteiger charge is -2.23. The SMILES string of the molecule is CCS(=O)(=O)c1ncc(CN(C)C(C)c2ccon2)n1Cc1ccccc1. The second-order valence-corrected chi connectivity index (χ2v) is 8.69. The van der Waals surface area contributed by atoms with Crippen molar-refractivity contribution in [2.45, 2.75) is 38.1 Å². The van der Waals surface area contributed by atoms with Gasteiger partial charge < -0.3 is 9.09 Å². The van der Waals surface area contributed by atoms with Gasteiger partial charge in [-0.15, -0.1) is 0 Å². The Balaban J connectivity index is 1.92. The van der Waals surface area contributed by atoms with Crippen molar-refractivity contribution in [3.63, 3.8) is 0 Å². The van der Waals surface area contributed by atoms with Gasteiger partial charge in [0.2, 0.25) is 15.0 Å². The molecular weight excluding hydrogens is 364 g/mol. The highest BCUT2D eigenvalue weighted by Gasteiger charge is 2.23. The van der Waals surface area contributed by atoms with Gasteiger partial charge in [0.05, 0.1) is 30.2 Å². The van der Waals surface area contributed by atoms with E-state index in [-0.39, 0.29) is 17.0 Å². The van der Waals surface area contributed by atoms with Gasteiger partial charge in [0, 0.05) is 12.6 Å². The molecule has 0 spiro atoms. The molecule has 3 aromatic rings. The van der Waals surface area contributed by atoms with E-state index in [1.165, 1.54) is 0 Å². The summed E-state index contributed by atoms with van der Waals surface area (Å²) >= 11 is 0. The van der Waals surface area contributed by atoms with Gasteiger partial charge in [-0.2, -0.15) is 0 Å². The fraction of sp³-hybridized carbons (Fsp3) is 0.368. The zero-order valence-corrected chi connectivity index (χ0v) is 16.6. The van der Waals surface area contributed by atoms with Crippen LogP contribution in [0.1, 0.15) is 36.8 Å². The van der Waals surface area contributed by atoms with Crippen LogP contribution in [0, 0.1) is 0 Å². The lowest BCUT2D eigenvalue weighted by Crippen LogP contribution is -2.24. The molecule has 0 bridgehead atoms. The third kappa shape index (κ3) is 4.28. The number of nitrogens with zero attached hydrogens (tertiary/aromatic N) is 4. The number of hydrogen-bond acceptors (Lipinski definition) is 6. The number of sulfone groups is 1. The topological polar surface area (TPSA) is 81.2 Å². The molecule has 0 N–H and O–H groups in total. The quantitative estimate of drug-likeness (QED) is 0.590. The average Bonchev–Trinajstić information content (AvgIpc) is 3.33. The van der Waals surface area contributed by atoms with Crippen molar-refractivity contribution in [2.75, 3.05) is 12.8 Å². The Morgan fingerprint density at radius 2 is 1.96 bits per heavy atom. The number of hydrogen-bond donors (Lipinski definition) is 0. The summed E-state index contributed by atoms with van der Waals surface area (Å²) in [7, 11) is -1.46. The molecule has 0 saturated carbocycles. The van der Waals surface area contributed by atoms with Crippen LogP contribution in [-0.2, 0) is 22.9 Å². The van der Waals surface area contributed by atoms with Crippen molar-refractivity contribution in [1.29, 1.82) is 0 Å². The molecule has 0 amide bonds. The van der Waals surface area contributed by atoms with Crippen molar-refractivity contribution in [3.05, 3.63) is 65.8 Å². The maximum Gasteiger partial charge on any atom is 0.228 e. The molecule has 27 heavy (non-hydrogen) atoms. The first-order valence-corrected chi connectivity index (χ1v) is 10.5. The lowest BCUT2D eigenvalue weighted by molar-refractivity contribution is 0.235. The number of rotatable bonds is 8. The molecule has 0 saturated heterocycles. The summed E-state index contributed by atoms with van der Waals surface area (Å²) in [5, 5.41) is 4.11. The molecule has 2 heterocycles. The van der Waals surface area contributed by atoms with Crippen molar-refractivity contribution < 1.29 is 12.9 Å². The maximum absolute atomic E-state index is 12.5. The van der Waals surface area contributed by atoms with E-state index in [1.807, 2.05) is 50.4 Å². The molecule has 3 rings (SSSR count). The Hall–Kier alpha value is -2.45. The van der Waals surface area contributed by atoms with Gasteiger partial charge in [0.25, 0.3) is 0 Å². The molecule has 0 fully saturated rings. The minimum absolute atomic E-state index is 0.0173. The van der Waals surface area contributed by atoms with Gasteiger partial charge in [-0.05, 0) is 19.5 Å². The van der Waals surface area contributed by atoms with E-state index in [9.17, 15) is 8.42 Å². The normalized spacial score (nSPS) is 13.2. The Kier molecular flexibility index (Phi) is 5.76. The maximum atomic E-state index is 12.5. The molecule has 7 nitrogen and oxygen atoms in total. The smallest absolute Gasteiger partial charge is 0.228 e. The second kappa shape index (κ2) is 8.06. The van der Waals surface area contributed by atoms with Crippen LogP contribution in [0.3, 0.4) is 0 Å². The van der Waals surface area contributed by atoms with E-state index in [4.69, 9.17) is 4.52 Å². The number of benzene rings is 1. The number of aromatic nitrogens is 3. The Morgan fingerprint density at radius 1 is 1.22 bits per heavy atom. The van der Waals surface area contributed by atoms with Crippen molar-refractivity contribution in [3.8, 4) is 0 Å². The summed E-state index contributed by atoms with van der Waals surface area (Å²) in [6.45, 7) is 4.65. The largest absolute Gasteiger partial charge is 0.364 e. The minimum atomic E-state index is -3.42. The predicted octanol–water partition coefficient (Wildman–Crippen LogP) is 2.91. The van der Waals surface area contributed by atoms with E-state index in [1.54, 1.807) is 24.0 Å². The van der Waals surface area contributed by atoms with Crippen LogP contribution in [0.25, 0.3) is 0 Å². The van der Waals surface area contributed by atoms with Crippen LogP contribution in [0.5, 0.6) is 0 Å². The summed E-state index contributed by atoms with van der Waals surface area (Å²) in [5.41, 5.74) is 2.69. The van der Waals surface area contributed by atoms with Gasteiger partial charge in [0.1, 0.15) is 12.0 Å².